The molecular formula is C20H18O3S. The van der Waals surface area contributed by atoms with Gasteiger partial charge in [0.25, 0.3) is 0 Å². The van der Waals surface area contributed by atoms with Crippen molar-refractivity contribution in [2.24, 2.45) is 0 Å². The highest BCUT2D eigenvalue weighted by atomic mass is 32.2. The van der Waals surface area contributed by atoms with E-state index in [4.69, 9.17) is 9.47 Å². The van der Waals surface area contributed by atoms with Gasteiger partial charge in [0, 0.05) is 4.90 Å². The van der Waals surface area contributed by atoms with Gasteiger partial charge >= 0.3 is 0 Å². The third kappa shape index (κ3) is 3.24. The first-order valence-electron chi connectivity index (χ1n) is 7.57. The zero-order valence-electron chi connectivity index (χ0n) is 13.6. The van der Waals surface area contributed by atoms with Crippen molar-refractivity contribution >= 4 is 28.8 Å². The molecule has 3 rings (SSSR count). The van der Waals surface area contributed by atoms with Crippen molar-refractivity contribution < 1.29 is 14.3 Å². The van der Waals surface area contributed by atoms with Gasteiger partial charge in [0.1, 0.15) is 18.1 Å². The highest BCUT2D eigenvalue weighted by Gasteiger charge is 2.09. The van der Waals surface area contributed by atoms with E-state index in [2.05, 4.69) is 0 Å². The molecule has 0 aromatic heterocycles. The standard InChI is InChI=1S/C20H18O3S/c1-22-19-11-14(7-10-20(19)24-2)13-23-18-9-8-15-5-3-4-6-16(15)17(18)12-21/h3-12H,13H2,1-2H3. The largest absolute Gasteiger partial charge is 0.496 e. The summed E-state index contributed by atoms with van der Waals surface area (Å²) in [6.07, 6.45) is 2.87. The molecule has 122 valence electrons. The summed E-state index contributed by atoms with van der Waals surface area (Å²) >= 11 is 1.64. The average Bonchev–Trinajstić information content (AvgIpc) is 2.65. The molecule has 24 heavy (non-hydrogen) atoms. The normalized spacial score (nSPS) is 10.6. The minimum absolute atomic E-state index is 0.379. The Hall–Kier alpha value is -2.46. The second kappa shape index (κ2) is 7.41. The smallest absolute Gasteiger partial charge is 0.154 e. The topological polar surface area (TPSA) is 35.5 Å². The van der Waals surface area contributed by atoms with Crippen LogP contribution in [0.2, 0.25) is 0 Å². The molecule has 0 bridgehead atoms. The van der Waals surface area contributed by atoms with Crippen LogP contribution >= 0.6 is 11.8 Å². The number of benzene rings is 3. The molecular weight excluding hydrogens is 320 g/mol. The van der Waals surface area contributed by atoms with E-state index in [0.717, 1.165) is 33.3 Å². The molecule has 0 spiro atoms. The van der Waals surface area contributed by atoms with Crippen molar-refractivity contribution in [1.29, 1.82) is 0 Å². The van der Waals surface area contributed by atoms with Crippen LogP contribution in [0.4, 0.5) is 0 Å². The van der Waals surface area contributed by atoms with Crippen LogP contribution in [0.25, 0.3) is 10.8 Å². The van der Waals surface area contributed by atoms with Crippen molar-refractivity contribution in [2.75, 3.05) is 13.4 Å². The van der Waals surface area contributed by atoms with Gasteiger partial charge in [0.2, 0.25) is 0 Å². The molecule has 0 aliphatic rings. The molecule has 0 heterocycles. The summed E-state index contributed by atoms with van der Waals surface area (Å²) in [5.74, 6) is 1.43. The van der Waals surface area contributed by atoms with E-state index in [1.54, 1.807) is 18.9 Å². The Morgan fingerprint density at radius 2 is 1.88 bits per heavy atom. The maximum atomic E-state index is 11.5. The summed E-state index contributed by atoms with van der Waals surface area (Å²) in [5.41, 5.74) is 1.58. The van der Waals surface area contributed by atoms with E-state index in [1.165, 1.54) is 0 Å². The monoisotopic (exact) mass is 338 g/mol. The lowest BCUT2D eigenvalue weighted by atomic mass is 10.0. The van der Waals surface area contributed by atoms with E-state index in [9.17, 15) is 4.79 Å². The summed E-state index contributed by atoms with van der Waals surface area (Å²) in [7, 11) is 1.66. The Morgan fingerprint density at radius 3 is 2.62 bits per heavy atom. The third-order valence-corrected chi connectivity index (χ3v) is 4.67. The molecule has 0 unspecified atom stereocenters. The first kappa shape index (κ1) is 16.4. The number of aldehydes is 1. The number of fused-ring (bicyclic) bond motifs is 1. The summed E-state index contributed by atoms with van der Waals surface area (Å²) < 4.78 is 11.3. The number of hydrogen-bond acceptors (Lipinski definition) is 4. The Kier molecular flexibility index (Phi) is 5.06. The molecule has 0 radical (unpaired) electrons. The minimum atomic E-state index is 0.379. The van der Waals surface area contributed by atoms with Gasteiger partial charge in [-0.05, 0) is 40.8 Å². The van der Waals surface area contributed by atoms with E-state index in [-0.39, 0.29) is 0 Å². The maximum Gasteiger partial charge on any atom is 0.154 e. The lowest BCUT2D eigenvalue weighted by Gasteiger charge is -2.12. The Balaban J connectivity index is 1.87. The van der Waals surface area contributed by atoms with Crippen molar-refractivity contribution in [3.05, 3.63) is 65.7 Å². The van der Waals surface area contributed by atoms with Gasteiger partial charge in [0.05, 0.1) is 12.7 Å². The zero-order chi connectivity index (χ0) is 16.9. The van der Waals surface area contributed by atoms with Crippen molar-refractivity contribution in [1.82, 2.24) is 0 Å². The molecule has 0 amide bonds. The second-order valence-corrected chi connectivity index (χ2v) is 6.14. The second-order valence-electron chi connectivity index (χ2n) is 5.29. The molecule has 0 saturated heterocycles. The van der Waals surface area contributed by atoms with E-state index < -0.39 is 0 Å². The van der Waals surface area contributed by atoms with Crippen LogP contribution in [0.1, 0.15) is 15.9 Å². The van der Waals surface area contributed by atoms with Crippen molar-refractivity contribution in [2.45, 2.75) is 11.5 Å². The molecule has 4 heteroatoms. The average molecular weight is 338 g/mol. The number of methoxy groups -OCH3 is 1. The van der Waals surface area contributed by atoms with Gasteiger partial charge in [-0.1, -0.05) is 36.4 Å². The number of hydrogen-bond donors (Lipinski definition) is 0. The zero-order valence-corrected chi connectivity index (χ0v) is 14.4. The lowest BCUT2D eigenvalue weighted by Crippen LogP contribution is -2.00. The van der Waals surface area contributed by atoms with Crippen LogP contribution < -0.4 is 9.47 Å². The van der Waals surface area contributed by atoms with Crippen molar-refractivity contribution in [3.63, 3.8) is 0 Å². The highest BCUT2D eigenvalue weighted by Crippen LogP contribution is 2.30. The van der Waals surface area contributed by atoms with E-state index >= 15 is 0 Å². The lowest BCUT2D eigenvalue weighted by molar-refractivity contribution is 0.112. The summed E-state index contributed by atoms with van der Waals surface area (Å²) in [6.45, 7) is 0.379. The van der Waals surface area contributed by atoms with Gasteiger partial charge in [0.15, 0.2) is 6.29 Å². The highest BCUT2D eigenvalue weighted by molar-refractivity contribution is 7.98. The summed E-state index contributed by atoms with van der Waals surface area (Å²) in [6, 6.07) is 17.6. The number of ether oxygens (including phenoxy) is 2. The quantitative estimate of drug-likeness (QED) is 0.470. The Bertz CT molecular complexity index is 874. The SMILES string of the molecule is COc1cc(COc2ccc3ccccc3c2C=O)ccc1SC. The third-order valence-electron chi connectivity index (χ3n) is 3.89. The minimum Gasteiger partial charge on any atom is -0.496 e. The van der Waals surface area contributed by atoms with Gasteiger partial charge in [-0.25, -0.2) is 0 Å². The fraction of sp³-hybridized carbons (Fsp3) is 0.150. The molecule has 3 aromatic rings. The summed E-state index contributed by atoms with van der Waals surface area (Å²) in [5, 5.41) is 1.93. The summed E-state index contributed by atoms with van der Waals surface area (Å²) in [4.78, 5) is 12.6. The number of thioether (sulfide) groups is 1. The predicted molar refractivity (Wildman–Crippen MR) is 98.4 cm³/mol. The predicted octanol–water partition coefficient (Wildman–Crippen LogP) is 4.96. The molecule has 0 saturated carbocycles. The molecule has 3 aromatic carbocycles. The molecule has 0 fully saturated rings. The number of carbonyl (C=O) groups excluding carboxylic acids is 1. The molecule has 0 aliphatic carbocycles. The molecule has 0 aliphatic heterocycles. The van der Waals surface area contributed by atoms with E-state index in [1.807, 2.05) is 60.9 Å². The van der Waals surface area contributed by atoms with Crippen LogP contribution in [0.15, 0.2) is 59.5 Å². The van der Waals surface area contributed by atoms with Crippen LogP contribution in [0, 0.1) is 0 Å². The van der Waals surface area contributed by atoms with Crippen LogP contribution in [0.5, 0.6) is 11.5 Å². The molecule has 0 N–H and O–H groups in total. The first-order valence-corrected chi connectivity index (χ1v) is 8.80. The van der Waals surface area contributed by atoms with Gasteiger partial charge < -0.3 is 9.47 Å². The number of rotatable bonds is 6. The fourth-order valence-electron chi connectivity index (χ4n) is 2.65. The van der Waals surface area contributed by atoms with Crippen LogP contribution in [-0.4, -0.2) is 19.7 Å². The Labute approximate surface area is 145 Å². The van der Waals surface area contributed by atoms with Gasteiger partial charge in [-0.2, -0.15) is 0 Å². The van der Waals surface area contributed by atoms with Crippen LogP contribution in [-0.2, 0) is 6.61 Å². The number of carbonyl (C=O) groups is 1. The van der Waals surface area contributed by atoms with Crippen LogP contribution in [0.3, 0.4) is 0 Å². The molecule has 0 atom stereocenters. The fourth-order valence-corrected chi connectivity index (χ4v) is 3.20. The Morgan fingerprint density at radius 1 is 1.04 bits per heavy atom. The maximum absolute atomic E-state index is 11.5. The van der Waals surface area contributed by atoms with Gasteiger partial charge in [-0.3, -0.25) is 4.79 Å². The van der Waals surface area contributed by atoms with Gasteiger partial charge in [-0.15, -0.1) is 11.8 Å². The first-order chi connectivity index (χ1) is 11.8. The van der Waals surface area contributed by atoms with E-state index in [0.29, 0.717) is 17.9 Å². The van der Waals surface area contributed by atoms with Crippen molar-refractivity contribution in [3.8, 4) is 11.5 Å². The molecule has 3 nitrogen and oxygen atoms in total.